The van der Waals surface area contributed by atoms with Crippen molar-refractivity contribution in [2.75, 3.05) is 6.54 Å². The molecule has 110 valence electrons. The highest BCUT2D eigenvalue weighted by Gasteiger charge is 2.49. The number of rotatable bonds is 4. The van der Waals surface area contributed by atoms with Gasteiger partial charge in [-0.2, -0.15) is 0 Å². The van der Waals surface area contributed by atoms with Crippen LogP contribution in [-0.2, 0) is 0 Å². The summed E-state index contributed by atoms with van der Waals surface area (Å²) in [5.74, 6) is 7.54. The lowest BCUT2D eigenvalue weighted by Gasteiger charge is -2.53. The van der Waals surface area contributed by atoms with E-state index in [4.69, 9.17) is 10.2 Å². The van der Waals surface area contributed by atoms with Gasteiger partial charge in [-0.15, -0.1) is 0 Å². The Hall–Kier alpha value is -0.760. The van der Waals surface area contributed by atoms with Crippen LogP contribution in [0.2, 0.25) is 0 Å². The Balaban J connectivity index is 1.56. The summed E-state index contributed by atoms with van der Waals surface area (Å²) < 4.78 is 6.27. The molecule has 0 amide bonds. The molecule has 0 aliphatic heterocycles. The van der Waals surface area contributed by atoms with Crippen LogP contribution in [0, 0.1) is 23.7 Å². The van der Waals surface area contributed by atoms with Crippen molar-refractivity contribution in [3.63, 3.8) is 0 Å². The molecule has 1 unspecified atom stereocenters. The average Bonchev–Trinajstić information content (AvgIpc) is 2.87. The Kier molecular flexibility index (Phi) is 3.17. The SMILES string of the molecule is CC(CCN)c1ccc(C2C3CC4CC(C3)CC2C4)o1. The van der Waals surface area contributed by atoms with Crippen molar-refractivity contribution < 1.29 is 4.42 Å². The molecule has 2 nitrogen and oxygen atoms in total. The molecule has 1 aromatic rings. The van der Waals surface area contributed by atoms with Crippen molar-refractivity contribution in [1.82, 2.24) is 0 Å². The summed E-state index contributed by atoms with van der Waals surface area (Å²) in [6.07, 6.45) is 8.40. The first-order valence-electron chi connectivity index (χ1n) is 8.54. The molecule has 4 aliphatic carbocycles. The first-order valence-corrected chi connectivity index (χ1v) is 8.54. The van der Waals surface area contributed by atoms with Crippen molar-refractivity contribution in [3.05, 3.63) is 23.7 Å². The predicted octanol–water partition coefficient (Wildman–Crippen LogP) is 4.27. The predicted molar refractivity (Wildman–Crippen MR) is 80.6 cm³/mol. The fourth-order valence-electron chi connectivity index (χ4n) is 5.59. The first-order chi connectivity index (χ1) is 9.74. The van der Waals surface area contributed by atoms with Crippen LogP contribution in [0.4, 0.5) is 0 Å². The highest BCUT2D eigenvalue weighted by atomic mass is 16.3. The number of hydrogen-bond acceptors (Lipinski definition) is 2. The third-order valence-corrected chi connectivity index (χ3v) is 6.29. The van der Waals surface area contributed by atoms with Crippen LogP contribution < -0.4 is 5.73 Å². The number of nitrogens with two attached hydrogens (primary N) is 1. The molecule has 1 aromatic heterocycles. The molecule has 20 heavy (non-hydrogen) atoms. The summed E-state index contributed by atoms with van der Waals surface area (Å²) in [6.45, 7) is 2.97. The van der Waals surface area contributed by atoms with Crippen molar-refractivity contribution in [2.45, 2.75) is 57.3 Å². The second-order valence-corrected chi connectivity index (χ2v) is 7.68. The first kappa shape index (κ1) is 12.9. The third-order valence-electron chi connectivity index (χ3n) is 6.29. The van der Waals surface area contributed by atoms with E-state index in [2.05, 4.69) is 19.1 Å². The molecular formula is C18H27NO. The van der Waals surface area contributed by atoms with E-state index in [0.717, 1.165) is 48.3 Å². The van der Waals surface area contributed by atoms with Crippen LogP contribution in [0.1, 0.15) is 68.8 Å². The fraction of sp³-hybridized carbons (Fsp3) is 0.778. The Morgan fingerprint density at radius 3 is 2.35 bits per heavy atom. The van der Waals surface area contributed by atoms with E-state index in [9.17, 15) is 0 Å². The lowest BCUT2D eigenvalue weighted by Crippen LogP contribution is -2.43. The molecule has 2 heteroatoms. The standard InChI is InChI=1S/C18H27NO/c1-11(4-5-19)16-2-3-17(20-16)18-14-7-12-6-13(9-14)10-15(18)8-12/h2-3,11-15,18H,4-10,19H2,1H3. The maximum atomic E-state index is 6.27. The minimum absolute atomic E-state index is 0.464. The molecule has 4 aliphatic rings. The number of hydrogen-bond donors (Lipinski definition) is 1. The van der Waals surface area contributed by atoms with Gasteiger partial charge in [0.1, 0.15) is 11.5 Å². The van der Waals surface area contributed by atoms with Crippen LogP contribution in [0.5, 0.6) is 0 Å². The maximum Gasteiger partial charge on any atom is 0.107 e. The van der Waals surface area contributed by atoms with Gasteiger partial charge in [0.15, 0.2) is 0 Å². The lowest BCUT2D eigenvalue weighted by atomic mass is 9.51. The summed E-state index contributed by atoms with van der Waals surface area (Å²) in [5.41, 5.74) is 5.67. The molecule has 0 saturated heterocycles. The Morgan fingerprint density at radius 1 is 1.10 bits per heavy atom. The zero-order chi connectivity index (χ0) is 13.7. The Labute approximate surface area is 122 Å². The van der Waals surface area contributed by atoms with Gasteiger partial charge in [0.05, 0.1) is 0 Å². The van der Waals surface area contributed by atoms with Gasteiger partial charge in [-0.3, -0.25) is 0 Å². The normalized spacial score (nSPS) is 40.2. The third kappa shape index (κ3) is 2.04. The van der Waals surface area contributed by atoms with E-state index in [1.54, 1.807) is 0 Å². The quantitative estimate of drug-likeness (QED) is 0.889. The van der Waals surface area contributed by atoms with E-state index in [-0.39, 0.29) is 0 Å². The van der Waals surface area contributed by atoms with Crippen LogP contribution >= 0.6 is 0 Å². The molecule has 4 saturated carbocycles. The summed E-state index contributed by atoms with van der Waals surface area (Å²) in [6, 6.07) is 4.48. The van der Waals surface area contributed by atoms with E-state index in [1.165, 1.54) is 37.9 Å². The minimum Gasteiger partial charge on any atom is -0.465 e. The van der Waals surface area contributed by atoms with Crippen molar-refractivity contribution >= 4 is 0 Å². The van der Waals surface area contributed by atoms with Gasteiger partial charge in [-0.1, -0.05) is 6.92 Å². The zero-order valence-corrected chi connectivity index (χ0v) is 12.6. The fourth-order valence-corrected chi connectivity index (χ4v) is 5.59. The van der Waals surface area contributed by atoms with Gasteiger partial charge in [-0.25, -0.2) is 0 Å². The van der Waals surface area contributed by atoms with Crippen LogP contribution in [-0.4, -0.2) is 6.54 Å². The summed E-state index contributed by atoms with van der Waals surface area (Å²) in [7, 11) is 0. The Bertz CT molecular complexity index is 450. The molecule has 2 N–H and O–H groups in total. The van der Waals surface area contributed by atoms with Crippen molar-refractivity contribution in [3.8, 4) is 0 Å². The van der Waals surface area contributed by atoms with Crippen molar-refractivity contribution in [2.24, 2.45) is 29.4 Å². The van der Waals surface area contributed by atoms with Gasteiger partial charge < -0.3 is 10.2 Å². The molecule has 5 rings (SSSR count). The van der Waals surface area contributed by atoms with Gasteiger partial charge in [0.2, 0.25) is 0 Å². The summed E-state index contributed by atoms with van der Waals surface area (Å²) >= 11 is 0. The van der Waals surface area contributed by atoms with E-state index in [0.29, 0.717) is 5.92 Å². The van der Waals surface area contributed by atoms with E-state index < -0.39 is 0 Å². The highest BCUT2D eigenvalue weighted by molar-refractivity contribution is 5.19. The second-order valence-electron chi connectivity index (χ2n) is 7.68. The zero-order valence-electron chi connectivity index (χ0n) is 12.6. The van der Waals surface area contributed by atoms with Crippen LogP contribution in [0.3, 0.4) is 0 Å². The Morgan fingerprint density at radius 2 is 1.75 bits per heavy atom. The van der Waals surface area contributed by atoms with Gasteiger partial charge in [0.25, 0.3) is 0 Å². The van der Waals surface area contributed by atoms with Crippen molar-refractivity contribution in [1.29, 1.82) is 0 Å². The van der Waals surface area contributed by atoms with Gasteiger partial charge in [-0.05, 0) is 80.9 Å². The van der Waals surface area contributed by atoms with E-state index >= 15 is 0 Å². The van der Waals surface area contributed by atoms with Crippen LogP contribution in [0.25, 0.3) is 0 Å². The second kappa shape index (κ2) is 4.91. The van der Waals surface area contributed by atoms with Crippen LogP contribution in [0.15, 0.2) is 16.5 Å². The average molecular weight is 273 g/mol. The molecular weight excluding hydrogens is 246 g/mol. The smallest absolute Gasteiger partial charge is 0.107 e. The summed E-state index contributed by atoms with van der Waals surface area (Å²) in [4.78, 5) is 0. The maximum absolute atomic E-state index is 6.27. The monoisotopic (exact) mass is 273 g/mol. The highest BCUT2D eigenvalue weighted by Crippen LogP contribution is 2.59. The minimum atomic E-state index is 0.464. The molecule has 0 spiro atoms. The molecule has 1 atom stereocenters. The molecule has 0 radical (unpaired) electrons. The van der Waals surface area contributed by atoms with E-state index in [1.807, 2.05) is 0 Å². The molecule has 1 heterocycles. The largest absolute Gasteiger partial charge is 0.465 e. The summed E-state index contributed by atoms with van der Waals surface area (Å²) in [5, 5.41) is 0. The number of furan rings is 1. The lowest BCUT2D eigenvalue weighted by molar-refractivity contribution is -0.0100. The molecule has 4 bridgehead atoms. The molecule has 0 aromatic carbocycles. The van der Waals surface area contributed by atoms with Gasteiger partial charge in [0, 0.05) is 11.8 Å². The van der Waals surface area contributed by atoms with Gasteiger partial charge >= 0.3 is 0 Å². The molecule has 4 fully saturated rings. The topological polar surface area (TPSA) is 39.2 Å².